The van der Waals surface area contributed by atoms with Gasteiger partial charge in [-0.15, -0.1) is 0 Å². The van der Waals surface area contributed by atoms with Gasteiger partial charge < -0.3 is 9.73 Å². The van der Waals surface area contributed by atoms with E-state index in [9.17, 15) is 14.4 Å². The number of rotatable bonds is 6. The van der Waals surface area contributed by atoms with Crippen LogP contribution in [0.25, 0.3) is 5.69 Å². The zero-order chi connectivity index (χ0) is 21.1. The van der Waals surface area contributed by atoms with Gasteiger partial charge in [0.15, 0.2) is 0 Å². The second kappa shape index (κ2) is 8.33. The molecule has 1 aromatic carbocycles. The number of carbonyl (C=O) groups is 1. The number of nitrogens with one attached hydrogen (secondary N) is 2. The monoisotopic (exact) mass is 394 g/mol. The van der Waals surface area contributed by atoms with Crippen molar-refractivity contribution in [2.24, 2.45) is 0 Å². The molecule has 6 nitrogen and oxygen atoms in total. The molecule has 0 radical (unpaired) electrons. The van der Waals surface area contributed by atoms with Gasteiger partial charge in [0.2, 0.25) is 5.91 Å². The van der Waals surface area contributed by atoms with Crippen LogP contribution in [0.3, 0.4) is 0 Å². The third kappa shape index (κ3) is 4.23. The molecule has 0 aliphatic heterocycles. The highest BCUT2D eigenvalue weighted by atomic mass is 19.1. The summed E-state index contributed by atoms with van der Waals surface area (Å²) in [5.74, 6) is 1.17. The summed E-state index contributed by atoms with van der Waals surface area (Å²) in [6, 6.07) is 11.7. The minimum Gasteiger partial charge on any atom is -0.465 e. The smallest absolute Gasteiger partial charge is 0.239 e. The Bertz CT molecular complexity index is 1090. The molecule has 3 rings (SSSR count). The zero-order valence-corrected chi connectivity index (χ0v) is 16.8. The average molecular weight is 394 g/mol. The van der Waals surface area contributed by atoms with Crippen LogP contribution in [0.5, 0.6) is 0 Å². The number of nitrogens with zero attached hydrogens (tertiary/aromatic N) is 2. The SMILES string of the molecule is Cc1ccc(C(C)NCC(=O)Nc2c(C#N)c(C)c(C)n2-c2cccc(F)c2)o1. The molecule has 1 atom stereocenters. The molecule has 3 aromatic rings. The normalized spacial score (nSPS) is 11.9. The summed E-state index contributed by atoms with van der Waals surface area (Å²) < 4.78 is 21.0. The van der Waals surface area contributed by atoms with Gasteiger partial charge >= 0.3 is 0 Å². The maximum Gasteiger partial charge on any atom is 0.239 e. The first kappa shape index (κ1) is 20.4. The number of furan rings is 1. The molecule has 1 amide bonds. The first-order valence-corrected chi connectivity index (χ1v) is 9.29. The lowest BCUT2D eigenvalue weighted by molar-refractivity contribution is -0.115. The maximum atomic E-state index is 13.8. The Morgan fingerprint density at radius 2 is 2.03 bits per heavy atom. The highest BCUT2D eigenvalue weighted by Gasteiger charge is 2.21. The lowest BCUT2D eigenvalue weighted by Crippen LogP contribution is -2.30. The molecule has 0 aliphatic carbocycles. The Hall–Kier alpha value is -3.37. The molecular weight excluding hydrogens is 371 g/mol. The number of benzene rings is 1. The van der Waals surface area contributed by atoms with Crippen molar-refractivity contribution in [3.8, 4) is 11.8 Å². The van der Waals surface area contributed by atoms with Crippen molar-refractivity contribution in [3.63, 3.8) is 0 Å². The van der Waals surface area contributed by atoms with Gasteiger partial charge in [0.05, 0.1) is 23.8 Å². The first-order chi connectivity index (χ1) is 13.8. The topological polar surface area (TPSA) is 83.0 Å². The predicted octanol–water partition coefficient (Wildman–Crippen LogP) is 4.30. The first-order valence-electron chi connectivity index (χ1n) is 9.29. The minimum absolute atomic E-state index is 0.0260. The molecule has 2 heterocycles. The van der Waals surface area contributed by atoms with Crippen LogP contribution >= 0.6 is 0 Å². The van der Waals surface area contributed by atoms with Gasteiger partial charge in [-0.3, -0.25) is 14.7 Å². The van der Waals surface area contributed by atoms with E-state index in [2.05, 4.69) is 16.7 Å². The molecule has 2 N–H and O–H groups in total. The lowest BCUT2D eigenvalue weighted by atomic mass is 10.2. The molecule has 7 heteroatoms. The van der Waals surface area contributed by atoms with Crippen molar-refractivity contribution in [2.45, 2.75) is 33.7 Å². The molecule has 2 aromatic heterocycles. The number of nitriles is 1. The van der Waals surface area contributed by atoms with E-state index in [1.807, 2.05) is 32.9 Å². The van der Waals surface area contributed by atoms with Crippen LogP contribution in [0.15, 0.2) is 40.8 Å². The molecule has 0 spiro atoms. The lowest BCUT2D eigenvalue weighted by Gasteiger charge is -2.15. The Labute approximate surface area is 168 Å². The van der Waals surface area contributed by atoms with Crippen molar-refractivity contribution in [1.29, 1.82) is 5.26 Å². The number of hydrogen-bond acceptors (Lipinski definition) is 4. The third-order valence-electron chi connectivity index (χ3n) is 4.91. The fourth-order valence-electron chi connectivity index (χ4n) is 3.21. The van der Waals surface area contributed by atoms with Gasteiger partial charge in [-0.25, -0.2) is 4.39 Å². The van der Waals surface area contributed by atoms with Gasteiger partial charge in [0.1, 0.15) is 29.2 Å². The molecule has 0 bridgehead atoms. The number of aryl methyl sites for hydroxylation is 1. The number of halogens is 1. The van der Waals surface area contributed by atoms with Crippen LogP contribution in [0.1, 0.15) is 41.3 Å². The van der Waals surface area contributed by atoms with E-state index < -0.39 is 5.82 Å². The summed E-state index contributed by atoms with van der Waals surface area (Å²) >= 11 is 0. The number of amides is 1. The number of carbonyl (C=O) groups excluding carboxylic acids is 1. The quantitative estimate of drug-likeness (QED) is 0.653. The number of aromatic nitrogens is 1. The van der Waals surface area contributed by atoms with Gasteiger partial charge in [0, 0.05) is 5.69 Å². The van der Waals surface area contributed by atoms with E-state index in [0.29, 0.717) is 17.1 Å². The van der Waals surface area contributed by atoms with E-state index in [1.54, 1.807) is 23.6 Å². The molecule has 0 fully saturated rings. The fourth-order valence-corrected chi connectivity index (χ4v) is 3.21. The van der Waals surface area contributed by atoms with E-state index in [-0.39, 0.29) is 18.5 Å². The van der Waals surface area contributed by atoms with Crippen LogP contribution in [0.4, 0.5) is 10.2 Å². The minimum atomic E-state index is -0.395. The molecule has 0 saturated heterocycles. The maximum absolute atomic E-state index is 13.8. The van der Waals surface area contributed by atoms with E-state index in [4.69, 9.17) is 4.42 Å². The summed E-state index contributed by atoms with van der Waals surface area (Å²) in [5.41, 5.74) is 2.39. The number of hydrogen-bond donors (Lipinski definition) is 2. The van der Waals surface area contributed by atoms with Gasteiger partial charge in [0.25, 0.3) is 0 Å². The second-order valence-electron chi connectivity index (χ2n) is 6.96. The molecule has 29 heavy (non-hydrogen) atoms. The van der Waals surface area contributed by atoms with Gasteiger partial charge in [-0.05, 0) is 63.6 Å². The fraction of sp³-hybridized carbons (Fsp3) is 0.273. The molecule has 0 aliphatic rings. The van der Waals surface area contributed by atoms with Crippen LogP contribution in [0.2, 0.25) is 0 Å². The van der Waals surface area contributed by atoms with Crippen molar-refractivity contribution in [3.05, 3.63) is 70.6 Å². The Morgan fingerprint density at radius 1 is 1.28 bits per heavy atom. The summed E-state index contributed by atoms with van der Waals surface area (Å²) in [6.45, 7) is 7.42. The second-order valence-corrected chi connectivity index (χ2v) is 6.96. The molecule has 150 valence electrons. The standard InChI is InChI=1S/C22H23FN4O2/c1-13-8-9-20(29-13)15(3)25-12-21(28)26-22-19(11-24)14(2)16(4)27(22)18-7-5-6-17(23)10-18/h5-10,15,25H,12H2,1-4H3,(H,26,28). The molecular formula is C22H23FN4O2. The van der Waals surface area contributed by atoms with Crippen molar-refractivity contribution < 1.29 is 13.6 Å². The number of anilines is 1. The van der Waals surface area contributed by atoms with Crippen molar-refractivity contribution >= 4 is 11.7 Å². The van der Waals surface area contributed by atoms with Crippen molar-refractivity contribution in [2.75, 3.05) is 11.9 Å². The van der Waals surface area contributed by atoms with Gasteiger partial charge in [-0.2, -0.15) is 5.26 Å². The summed E-state index contributed by atoms with van der Waals surface area (Å²) in [5, 5.41) is 15.5. The Kier molecular flexibility index (Phi) is 5.85. The summed E-state index contributed by atoms with van der Waals surface area (Å²) in [6.07, 6.45) is 0. The largest absolute Gasteiger partial charge is 0.465 e. The highest BCUT2D eigenvalue weighted by molar-refractivity contribution is 5.93. The predicted molar refractivity (Wildman–Crippen MR) is 108 cm³/mol. The Balaban J connectivity index is 1.83. The van der Waals surface area contributed by atoms with E-state index in [1.165, 1.54) is 12.1 Å². The van der Waals surface area contributed by atoms with E-state index >= 15 is 0 Å². The van der Waals surface area contributed by atoms with Crippen LogP contribution < -0.4 is 10.6 Å². The van der Waals surface area contributed by atoms with Crippen LogP contribution in [0, 0.1) is 37.9 Å². The van der Waals surface area contributed by atoms with Gasteiger partial charge in [-0.1, -0.05) is 6.07 Å². The summed E-state index contributed by atoms with van der Waals surface area (Å²) in [4.78, 5) is 12.6. The summed E-state index contributed by atoms with van der Waals surface area (Å²) in [7, 11) is 0. The van der Waals surface area contributed by atoms with Crippen molar-refractivity contribution in [1.82, 2.24) is 9.88 Å². The van der Waals surface area contributed by atoms with Crippen LogP contribution in [-0.4, -0.2) is 17.0 Å². The van der Waals surface area contributed by atoms with Crippen LogP contribution in [-0.2, 0) is 4.79 Å². The highest BCUT2D eigenvalue weighted by Crippen LogP contribution is 2.30. The van der Waals surface area contributed by atoms with E-state index in [0.717, 1.165) is 22.8 Å². The Morgan fingerprint density at radius 3 is 2.66 bits per heavy atom. The molecule has 0 saturated carbocycles. The zero-order valence-electron chi connectivity index (χ0n) is 16.8. The average Bonchev–Trinajstić information content (AvgIpc) is 3.21. The third-order valence-corrected chi connectivity index (χ3v) is 4.91. The molecule has 1 unspecified atom stereocenters.